The van der Waals surface area contributed by atoms with Crippen LogP contribution in [0.15, 0.2) is 18.3 Å². The fourth-order valence-corrected chi connectivity index (χ4v) is 2.67. The quantitative estimate of drug-likeness (QED) is 0.860. The Kier molecular flexibility index (Phi) is 4.88. The van der Waals surface area contributed by atoms with Crippen LogP contribution in [0.5, 0.6) is 0 Å². The summed E-state index contributed by atoms with van der Waals surface area (Å²) in [4.78, 5) is 4.14. The number of pyridine rings is 1. The Balaban J connectivity index is 1.91. The normalized spacial score (nSPS) is 22.4. The molecule has 1 aliphatic heterocycles. The zero-order valence-corrected chi connectivity index (χ0v) is 11.6. The molecule has 3 nitrogen and oxygen atoms in total. The average Bonchev–Trinajstić information content (AvgIpc) is 2.92. The minimum Gasteiger partial charge on any atom is -0.378 e. The summed E-state index contributed by atoms with van der Waals surface area (Å²) in [5, 5.41) is 0. The minimum absolute atomic E-state index is 0.318. The van der Waals surface area contributed by atoms with E-state index in [9.17, 15) is 4.39 Å². The van der Waals surface area contributed by atoms with Gasteiger partial charge >= 0.3 is 0 Å². The zero-order valence-electron chi connectivity index (χ0n) is 11.6. The fourth-order valence-electron chi connectivity index (χ4n) is 2.67. The molecule has 106 valence electrons. The third-order valence-corrected chi connectivity index (χ3v) is 4.04. The molecule has 2 unspecified atom stereocenters. The van der Waals surface area contributed by atoms with Gasteiger partial charge in [0.15, 0.2) is 0 Å². The van der Waals surface area contributed by atoms with Gasteiger partial charge in [-0.1, -0.05) is 6.92 Å². The lowest BCUT2D eigenvalue weighted by Crippen LogP contribution is -2.37. The molecule has 1 aliphatic rings. The molecule has 1 saturated heterocycles. The SMILES string of the molecule is CCC(N)(CCCC1CCCO1)c1ccc(F)cn1. The molecule has 0 bridgehead atoms. The van der Waals surface area contributed by atoms with E-state index in [4.69, 9.17) is 10.5 Å². The molecule has 1 aromatic rings. The van der Waals surface area contributed by atoms with E-state index >= 15 is 0 Å². The second kappa shape index (κ2) is 6.44. The van der Waals surface area contributed by atoms with Gasteiger partial charge in [0.1, 0.15) is 5.82 Å². The number of rotatable bonds is 6. The minimum atomic E-state index is -0.452. The molecule has 1 aromatic heterocycles. The van der Waals surface area contributed by atoms with Gasteiger partial charge in [0.2, 0.25) is 0 Å². The van der Waals surface area contributed by atoms with Gasteiger partial charge in [0.25, 0.3) is 0 Å². The molecule has 2 rings (SSSR count). The number of hydrogen-bond donors (Lipinski definition) is 1. The number of nitrogens with zero attached hydrogens (tertiary/aromatic N) is 1. The molecule has 0 radical (unpaired) electrons. The summed E-state index contributed by atoms with van der Waals surface area (Å²) in [6.45, 7) is 2.95. The van der Waals surface area contributed by atoms with Crippen molar-refractivity contribution in [2.75, 3.05) is 6.61 Å². The smallest absolute Gasteiger partial charge is 0.141 e. The number of hydrogen-bond acceptors (Lipinski definition) is 3. The van der Waals surface area contributed by atoms with Crippen molar-refractivity contribution >= 4 is 0 Å². The summed E-state index contributed by atoms with van der Waals surface area (Å²) in [6.07, 6.45) is 7.73. The van der Waals surface area contributed by atoms with E-state index in [1.807, 2.05) is 0 Å². The van der Waals surface area contributed by atoms with Crippen LogP contribution in [0.3, 0.4) is 0 Å². The van der Waals surface area contributed by atoms with Crippen LogP contribution in [-0.4, -0.2) is 17.7 Å². The van der Waals surface area contributed by atoms with Crippen LogP contribution in [0, 0.1) is 5.82 Å². The summed E-state index contributed by atoms with van der Waals surface area (Å²) in [7, 11) is 0. The first-order valence-electron chi connectivity index (χ1n) is 7.16. The van der Waals surface area contributed by atoms with E-state index in [1.165, 1.54) is 25.1 Å². The lowest BCUT2D eigenvalue weighted by Gasteiger charge is -2.28. The summed E-state index contributed by atoms with van der Waals surface area (Å²) >= 11 is 0. The third kappa shape index (κ3) is 3.74. The monoisotopic (exact) mass is 266 g/mol. The van der Waals surface area contributed by atoms with Gasteiger partial charge in [-0.25, -0.2) is 4.39 Å². The van der Waals surface area contributed by atoms with E-state index in [2.05, 4.69) is 11.9 Å². The highest BCUT2D eigenvalue weighted by Crippen LogP contribution is 2.28. The van der Waals surface area contributed by atoms with E-state index in [-0.39, 0.29) is 5.82 Å². The van der Waals surface area contributed by atoms with Gasteiger partial charge in [-0.2, -0.15) is 0 Å². The Morgan fingerprint density at radius 2 is 2.37 bits per heavy atom. The Morgan fingerprint density at radius 3 is 2.95 bits per heavy atom. The van der Waals surface area contributed by atoms with Crippen LogP contribution < -0.4 is 5.73 Å². The van der Waals surface area contributed by atoms with Crippen molar-refractivity contribution in [1.82, 2.24) is 4.98 Å². The molecular formula is C15H23FN2O. The van der Waals surface area contributed by atoms with Gasteiger partial charge in [-0.3, -0.25) is 4.98 Å². The van der Waals surface area contributed by atoms with Crippen molar-refractivity contribution in [1.29, 1.82) is 0 Å². The molecule has 0 saturated carbocycles. The Labute approximate surface area is 114 Å². The third-order valence-electron chi connectivity index (χ3n) is 4.04. The standard InChI is InChI=1S/C15H23FN2O/c1-2-15(17,14-8-7-12(16)11-18-14)9-3-5-13-6-4-10-19-13/h7-8,11,13H,2-6,9-10,17H2,1H3. The van der Waals surface area contributed by atoms with Gasteiger partial charge in [0, 0.05) is 6.61 Å². The highest BCUT2D eigenvalue weighted by Gasteiger charge is 2.27. The molecule has 2 N–H and O–H groups in total. The molecule has 2 atom stereocenters. The van der Waals surface area contributed by atoms with E-state index in [0.29, 0.717) is 6.10 Å². The van der Waals surface area contributed by atoms with Gasteiger partial charge in [-0.15, -0.1) is 0 Å². The maximum absolute atomic E-state index is 12.9. The molecule has 0 spiro atoms. The second-order valence-electron chi connectivity index (χ2n) is 5.40. The lowest BCUT2D eigenvalue weighted by atomic mass is 9.86. The van der Waals surface area contributed by atoms with Crippen molar-refractivity contribution in [2.24, 2.45) is 5.73 Å². The van der Waals surface area contributed by atoms with Gasteiger partial charge in [-0.05, 0) is 50.7 Å². The first kappa shape index (κ1) is 14.4. The number of ether oxygens (including phenoxy) is 1. The topological polar surface area (TPSA) is 48.1 Å². The van der Waals surface area contributed by atoms with Crippen molar-refractivity contribution in [3.63, 3.8) is 0 Å². The van der Waals surface area contributed by atoms with Crippen LogP contribution >= 0.6 is 0 Å². The van der Waals surface area contributed by atoms with Crippen LogP contribution in [-0.2, 0) is 10.3 Å². The Hall–Kier alpha value is -1.00. The van der Waals surface area contributed by atoms with Gasteiger partial charge < -0.3 is 10.5 Å². The van der Waals surface area contributed by atoms with Crippen LogP contribution in [0.2, 0.25) is 0 Å². The van der Waals surface area contributed by atoms with Crippen molar-refractivity contribution in [2.45, 2.75) is 57.1 Å². The average molecular weight is 266 g/mol. The summed E-state index contributed by atoms with van der Waals surface area (Å²) in [5.74, 6) is -0.318. The van der Waals surface area contributed by atoms with Crippen LogP contribution in [0.25, 0.3) is 0 Å². The first-order chi connectivity index (χ1) is 9.14. The maximum atomic E-state index is 12.9. The number of aromatic nitrogens is 1. The predicted octanol–water partition coefficient (Wildman–Crippen LogP) is 3.13. The van der Waals surface area contributed by atoms with Crippen molar-refractivity contribution < 1.29 is 9.13 Å². The summed E-state index contributed by atoms with van der Waals surface area (Å²) in [5.41, 5.74) is 6.76. The lowest BCUT2D eigenvalue weighted by molar-refractivity contribution is 0.0997. The first-order valence-corrected chi connectivity index (χ1v) is 7.16. The van der Waals surface area contributed by atoms with E-state index in [0.717, 1.165) is 38.0 Å². The molecule has 19 heavy (non-hydrogen) atoms. The van der Waals surface area contributed by atoms with E-state index in [1.54, 1.807) is 6.07 Å². The van der Waals surface area contributed by atoms with Crippen molar-refractivity contribution in [3.8, 4) is 0 Å². The van der Waals surface area contributed by atoms with Crippen molar-refractivity contribution in [3.05, 3.63) is 29.8 Å². The Bertz CT molecular complexity index is 390. The molecular weight excluding hydrogens is 243 g/mol. The second-order valence-corrected chi connectivity index (χ2v) is 5.40. The summed E-state index contributed by atoms with van der Waals surface area (Å²) in [6, 6.07) is 3.13. The largest absolute Gasteiger partial charge is 0.378 e. The molecule has 2 heterocycles. The van der Waals surface area contributed by atoms with Crippen LogP contribution in [0.1, 0.15) is 51.1 Å². The summed E-state index contributed by atoms with van der Waals surface area (Å²) < 4.78 is 18.5. The van der Waals surface area contributed by atoms with Crippen LogP contribution in [0.4, 0.5) is 4.39 Å². The van der Waals surface area contributed by atoms with Gasteiger partial charge in [0.05, 0.1) is 23.5 Å². The molecule has 0 aromatic carbocycles. The maximum Gasteiger partial charge on any atom is 0.141 e. The highest BCUT2D eigenvalue weighted by molar-refractivity contribution is 5.15. The fraction of sp³-hybridized carbons (Fsp3) is 0.667. The molecule has 4 heteroatoms. The van der Waals surface area contributed by atoms with E-state index < -0.39 is 5.54 Å². The number of halogens is 1. The predicted molar refractivity (Wildman–Crippen MR) is 73.2 cm³/mol. The molecule has 1 fully saturated rings. The number of nitrogens with two attached hydrogens (primary N) is 1. The zero-order chi connectivity index (χ0) is 13.7. The molecule has 0 amide bonds. The molecule has 0 aliphatic carbocycles. The highest BCUT2D eigenvalue weighted by atomic mass is 19.1. The Morgan fingerprint density at radius 1 is 1.53 bits per heavy atom.